The van der Waals surface area contributed by atoms with Crippen LogP contribution >= 0.6 is 11.3 Å². The quantitative estimate of drug-likeness (QED) is 0.810. The molecule has 3 nitrogen and oxygen atoms in total. The highest BCUT2D eigenvalue weighted by Gasteiger charge is 2.11. The molecule has 78 valence electrons. The van der Waals surface area contributed by atoms with Crippen LogP contribution in [0.2, 0.25) is 0 Å². The summed E-state index contributed by atoms with van der Waals surface area (Å²) in [5, 5.41) is 12.0. The van der Waals surface area contributed by atoms with Crippen LogP contribution in [-0.4, -0.2) is 16.6 Å². The molecule has 0 atom stereocenters. The van der Waals surface area contributed by atoms with Crippen molar-refractivity contribution in [2.45, 2.75) is 32.9 Å². The number of rotatable bonds is 3. The molecule has 2 N–H and O–H groups in total. The van der Waals surface area contributed by atoms with Crippen LogP contribution in [-0.2, 0) is 6.54 Å². The van der Waals surface area contributed by atoms with Gasteiger partial charge in [0.2, 0.25) is 0 Å². The molecule has 0 aliphatic heterocycles. The number of hydrogen-bond donors (Lipinski definition) is 2. The predicted octanol–water partition coefficient (Wildman–Crippen LogP) is 2.33. The van der Waals surface area contributed by atoms with E-state index >= 15 is 0 Å². The zero-order valence-corrected chi connectivity index (χ0v) is 9.44. The molecule has 0 aliphatic rings. The lowest BCUT2D eigenvalue weighted by Crippen LogP contribution is -2.34. The Morgan fingerprint density at radius 3 is 2.57 bits per heavy atom. The van der Waals surface area contributed by atoms with Crippen LogP contribution in [0.25, 0.3) is 0 Å². The summed E-state index contributed by atoms with van der Waals surface area (Å²) in [7, 11) is 0. The van der Waals surface area contributed by atoms with Crippen molar-refractivity contribution >= 4 is 17.3 Å². The van der Waals surface area contributed by atoms with E-state index < -0.39 is 5.97 Å². The van der Waals surface area contributed by atoms with E-state index in [1.54, 1.807) is 6.07 Å². The molecule has 1 rings (SSSR count). The van der Waals surface area contributed by atoms with E-state index in [0.29, 0.717) is 4.88 Å². The summed E-state index contributed by atoms with van der Waals surface area (Å²) in [4.78, 5) is 12.1. The van der Waals surface area contributed by atoms with Crippen molar-refractivity contribution < 1.29 is 9.90 Å². The van der Waals surface area contributed by atoms with Crippen LogP contribution in [0.1, 0.15) is 35.3 Å². The Hall–Kier alpha value is -0.870. The first-order valence-corrected chi connectivity index (χ1v) is 5.27. The molecule has 0 saturated heterocycles. The summed E-state index contributed by atoms with van der Waals surface area (Å²) in [5.74, 6) is -0.850. The predicted molar refractivity (Wildman–Crippen MR) is 57.9 cm³/mol. The van der Waals surface area contributed by atoms with Gasteiger partial charge in [-0.3, -0.25) is 0 Å². The molecule has 0 radical (unpaired) electrons. The van der Waals surface area contributed by atoms with Gasteiger partial charge in [0, 0.05) is 17.0 Å². The second kappa shape index (κ2) is 4.11. The van der Waals surface area contributed by atoms with Gasteiger partial charge in [0.15, 0.2) is 0 Å². The summed E-state index contributed by atoms with van der Waals surface area (Å²) in [6, 6.07) is 3.50. The van der Waals surface area contributed by atoms with Crippen molar-refractivity contribution in [1.82, 2.24) is 5.32 Å². The highest BCUT2D eigenvalue weighted by atomic mass is 32.1. The minimum Gasteiger partial charge on any atom is -0.477 e. The van der Waals surface area contributed by atoms with Gasteiger partial charge in [0.05, 0.1) is 0 Å². The van der Waals surface area contributed by atoms with Crippen molar-refractivity contribution in [3.8, 4) is 0 Å². The number of thiophene rings is 1. The van der Waals surface area contributed by atoms with Gasteiger partial charge in [-0.05, 0) is 32.9 Å². The largest absolute Gasteiger partial charge is 0.477 e. The first kappa shape index (κ1) is 11.2. The van der Waals surface area contributed by atoms with Gasteiger partial charge < -0.3 is 10.4 Å². The first-order valence-electron chi connectivity index (χ1n) is 4.45. The highest BCUT2D eigenvalue weighted by molar-refractivity contribution is 7.13. The van der Waals surface area contributed by atoms with Crippen LogP contribution in [0.5, 0.6) is 0 Å². The van der Waals surface area contributed by atoms with Crippen LogP contribution in [0.3, 0.4) is 0 Å². The van der Waals surface area contributed by atoms with Gasteiger partial charge in [-0.2, -0.15) is 0 Å². The maximum atomic E-state index is 10.6. The minimum absolute atomic E-state index is 0.0629. The number of nitrogens with one attached hydrogen (secondary N) is 1. The van der Waals surface area contributed by atoms with Gasteiger partial charge >= 0.3 is 5.97 Å². The Kier molecular flexibility index (Phi) is 3.29. The number of carboxylic acids is 1. The van der Waals surface area contributed by atoms with E-state index in [4.69, 9.17) is 5.11 Å². The standard InChI is InChI=1S/C10H15NO2S/c1-10(2,3)11-6-7-4-5-8(14-7)9(12)13/h4-5,11H,6H2,1-3H3,(H,12,13). The molecule has 1 heterocycles. The maximum absolute atomic E-state index is 10.6. The SMILES string of the molecule is CC(C)(C)NCc1ccc(C(=O)O)s1. The maximum Gasteiger partial charge on any atom is 0.345 e. The molecule has 1 aromatic heterocycles. The highest BCUT2D eigenvalue weighted by Crippen LogP contribution is 2.16. The fourth-order valence-electron chi connectivity index (χ4n) is 0.940. The topological polar surface area (TPSA) is 49.3 Å². The van der Waals surface area contributed by atoms with Gasteiger partial charge in [-0.1, -0.05) is 0 Å². The van der Waals surface area contributed by atoms with Crippen molar-refractivity contribution in [3.63, 3.8) is 0 Å². The van der Waals surface area contributed by atoms with Crippen LogP contribution in [0.15, 0.2) is 12.1 Å². The third-order valence-corrected chi connectivity index (χ3v) is 2.74. The Balaban J connectivity index is 2.56. The van der Waals surface area contributed by atoms with Crippen molar-refractivity contribution in [2.75, 3.05) is 0 Å². The molecule has 0 amide bonds. The third-order valence-electron chi connectivity index (χ3n) is 1.67. The Morgan fingerprint density at radius 2 is 2.14 bits per heavy atom. The van der Waals surface area contributed by atoms with Gasteiger partial charge in [0.25, 0.3) is 0 Å². The second-order valence-electron chi connectivity index (χ2n) is 4.17. The normalized spacial score (nSPS) is 11.6. The van der Waals surface area contributed by atoms with Gasteiger partial charge in [-0.25, -0.2) is 4.79 Å². The molecular formula is C10H15NO2S. The third kappa shape index (κ3) is 3.47. The lowest BCUT2D eigenvalue weighted by atomic mass is 10.1. The summed E-state index contributed by atoms with van der Waals surface area (Å²) in [6.45, 7) is 6.97. The van der Waals surface area contributed by atoms with Gasteiger partial charge in [-0.15, -0.1) is 11.3 Å². The fraction of sp³-hybridized carbons (Fsp3) is 0.500. The van der Waals surface area contributed by atoms with Crippen LogP contribution in [0.4, 0.5) is 0 Å². The second-order valence-corrected chi connectivity index (χ2v) is 5.34. The lowest BCUT2D eigenvalue weighted by molar-refractivity contribution is 0.0702. The summed E-state index contributed by atoms with van der Waals surface area (Å²) in [5.41, 5.74) is 0.0629. The Labute approximate surface area is 87.8 Å². The molecule has 1 aromatic rings. The van der Waals surface area contributed by atoms with E-state index in [9.17, 15) is 4.79 Å². The smallest absolute Gasteiger partial charge is 0.345 e. The lowest BCUT2D eigenvalue weighted by Gasteiger charge is -2.19. The average Bonchev–Trinajstić information content (AvgIpc) is 2.47. The number of carboxylic acid groups (broad SMARTS) is 1. The summed E-state index contributed by atoms with van der Waals surface area (Å²) >= 11 is 1.32. The zero-order valence-electron chi connectivity index (χ0n) is 8.63. The number of aromatic carboxylic acids is 1. The average molecular weight is 213 g/mol. The zero-order chi connectivity index (χ0) is 10.8. The fourth-order valence-corrected chi connectivity index (χ4v) is 1.73. The minimum atomic E-state index is -0.850. The molecule has 4 heteroatoms. The van der Waals surface area contributed by atoms with Crippen molar-refractivity contribution in [2.24, 2.45) is 0 Å². The molecule has 0 fully saturated rings. The molecular weight excluding hydrogens is 198 g/mol. The Morgan fingerprint density at radius 1 is 1.50 bits per heavy atom. The van der Waals surface area contributed by atoms with Crippen molar-refractivity contribution in [3.05, 3.63) is 21.9 Å². The van der Waals surface area contributed by atoms with E-state index in [1.807, 2.05) is 6.07 Å². The first-order chi connectivity index (χ1) is 6.38. The van der Waals surface area contributed by atoms with Crippen molar-refractivity contribution in [1.29, 1.82) is 0 Å². The summed E-state index contributed by atoms with van der Waals surface area (Å²) in [6.07, 6.45) is 0. The molecule has 0 spiro atoms. The molecule has 14 heavy (non-hydrogen) atoms. The summed E-state index contributed by atoms with van der Waals surface area (Å²) < 4.78 is 0. The van der Waals surface area contributed by atoms with E-state index in [1.165, 1.54) is 11.3 Å². The molecule has 0 aromatic carbocycles. The molecule has 0 bridgehead atoms. The van der Waals surface area contributed by atoms with E-state index in [2.05, 4.69) is 26.1 Å². The van der Waals surface area contributed by atoms with Crippen LogP contribution in [0, 0.1) is 0 Å². The monoisotopic (exact) mass is 213 g/mol. The van der Waals surface area contributed by atoms with E-state index in [-0.39, 0.29) is 5.54 Å². The van der Waals surface area contributed by atoms with E-state index in [0.717, 1.165) is 11.4 Å². The molecule has 0 saturated carbocycles. The molecule has 0 unspecified atom stereocenters. The molecule has 0 aliphatic carbocycles. The Bertz CT molecular complexity index is 325. The van der Waals surface area contributed by atoms with Gasteiger partial charge in [0.1, 0.15) is 4.88 Å². The van der Waals surface area contributed by atoms with Crippen LogP contribution < -0.4 is 5.32 Å². The number of carbonyl (C=O) groups is 1. The number of hydrogen-bond acceptors (Lipinski definition) is 3.